The fraction of sp³-hybridized carbons (Fsp3) is 0.400. The maximum atomic E-state index is 4.50. The number of fused-ring (bicyclic) bond motifs is 1. The van der Waals surface area contributed by atoms with Crippen LogP contribution in [0.1, 0.15) is 43.9 Å². The van der Waals surface area contributed by atoms with Crippen LogP contribution in [-0.4, -0.2) is 14.1 Å². The quantitative estimate of drug-likeness (QED) is 0.841. The van der Waals surface area contributed by atoms with Crippen LogP contribution in [0.5, 0.6) is 0 Å². The van der Waals surface area contributed by atoms with E-state index >= 15 is 0 Å². The highest BCUT2D eigenvalue weighted by Gasteiger charge is 2.45. The minimum absolute atomic E-state index is 0.154. The Balaban J connectivity index is 0.000000561. The van der Waals surface area contributed by atoms with Crippen LogP contribution in [0.4, 0.5) is 0 Å². The van der Waals surface area contributed by atoms with Crippen molar-refractivity contribution in [3.05, 3.63) is 71.3 Å². The molecule has 0 fully saturated rings. The molecule has 2 heteroatoms. The van der Waals surface area contributed by atoms with E-state index < -0.39 is 0 Å². The molecule has 1 atom stereocenters. The van der Waals surface area contributed by atoms with E-state index in [4.69, 9.17) is 0 Å². The molecule has 0 bridgehead atoms. The molecular formula is C20H30N2. The predicted octanol–water partition coefficient (Wildman–Crippen LogP) is 3.82. The van der Waals surface area contributed by atoms with Crippen molar-refractivity contribution >= 4 is 0 Å². The van der Waals surface area contributed by atoms with E-state index in [9.17, 15) is 0 Å². The van der Waals surface area contributed by atoms with Gasteiger partial charge < -0.3 is 11.5 Å². The van der Waals surface area contributed by atoms with Crippen LogP contribution in [0.15, 0.2) is 54.6 Å². The lowest BCUT2D eigenvalue weighted by atomic mass is 9.75. The average molecular weight is 298 g/mol. The molecule has 0 amide bonds. The van der Waals surface area contributed by atoms with Crippen molar-refractivity contribution < 1.29 is 0 Å². The summed E-state index contributed by atoms with van der Waals surface area (Å²) in [5.41, 5.74) is 13.9. The number of benzene rings is 2. The van der Waals surface area contributed by atoms with Gasteiger partial charge in [-0.1, -0.05) is 75.4 Å². The Hall–Kier alpha value is -1.64. The average Bonchev–Trinajstić information content (AvgIpc) is 2.80. The van der Waals surface area contributed by atoms with Crippen LogP contribution in [0, 0.1) is 0 Å². The molecule has 0 aliphatic heterocycles. The minimum atomic E-state index is 0.154. The van der Waals surface area contributed by atoms with Crippen LogP contribution < -0.4 is 11.5 Å². The number of hydrogen-bond acceptors (Lipinski definition) is 2. The van der Waals surface area contributed by atoms with E-state index in [2.05, 4.69) is 86.8 Å². The van der Waals surface area contributed by atoms with Gasteiger partial charge in [-0.05, 0) is 42.6 Å². The van der Waals surface area contributed by atoms with Crippen molar-refractivity contribution in [3.8, 4) is 0 Å². The fourth-order valence-corrected chi connectivity index (χ4v) is 3.69. The zero-order chi connectivity index (χ0) is 16.8. The van der Waals surface area contributed by atoms with E-state index in [0.29, 0.717) is 0 Å². The van der Waals surface area contributed by atoms with Gasteiger partial charge in [-0.15, -0.1) is 0 Å². The van der Waals surface area contributed by atoms with Gasteiger partial charge in [-0.2, -0.15) is 0 Å². The van der Waals surface area contributed by atoms with Crippen molar-refractivity contribution in [1.82, 2.24) is 0 Å². The summed E-state index contributed by atoms with van der Waals surface area (Å²) in [6.45, 7) is 7.11. The number of nitrogens with two attached hydrogens (primary N) is 2. The molecule has 1 aliphatic carbocycles. The van der Waals surface area contributed by atoms with E-state index in [1.165, 1.54) is 37.2 Å². The molecule has 2 nitrogen and oxygen atoms in total. The van der Waals surface area contributed by atoms with Crippen molar-refractivity contribution in [3.63, 3.8) is 0 Å². The summed E-state index contributed by atoms with van der Waals surface area (Å²) in [7, 11) is 3.00. The van der Waals surface area contributed by atoms with Gasteiger partial charge in [0.05, 0.1) is 0 Å². The molecule has 0 heterocycles. The zero-order valence-corrected chi connectivity index (χ0v) is 14.6. The van der Waals surface area contributed by atoms with Crippen molar-refractivity contribution in [2.75, 3.05) is 14.1 Å². The maximum absolute atomic E-state index is 4.50. The maximum Gasteiger partial charge on any atom is 0.0185 e. The first-order valence-electron chi connectivity index (χ1n) is 7.85. The molecule has 0 saturated heterocycles. The first-order chi connectivity index (χ1) is 10.5. The molecule has 1 aliphatic rings. The van der Waals surface area contributed by atoms with Gasteiger partial charge in [-0.3, -0.25) is 0 Å². The second kappa shape index (κ2) is 7.57. The minimum Gasteiger partial charge on any atom is -0.333 e. The van der Waals surface area contributed by atoms with Gasteiger partial charge in [-0.25, -0.2) is 0 Å². The van der Waals surface area contributed by atoms with Crippen LogP contribution in [0.2, 0.25) is 0 Å². The van der Waals surface area contributed by atoms with Crippen molar-refractivity contribution in [2.45, 2.75) is 38.0 Å². The lowest BCUT2D eigenvalue weighted by Crippen LogP contribution is -2.23. The van der Waals surface area contributed by atoms with Crippen molar-refractivity contribution in [2.24, 2.45) is 11.5 Å². The van der Waals surface area contributed by atoms with E-state index in [1.54, 1.807) is 0 Å². The number of rotatable bonds is 1. The van der Waals surface area contributed by atoms with Crippen LogP contribution in [0.3, 0.4) is 0 Å². The van der Waals surface area contributed by atoms with Gasteiger partial charge >= 0.3 is 0 Å². The third-order valence-corrected chi connectivity index (χ3v) is 4.46. The summed E-state index contributed by atoms with van der Waals surface area (Å²) in [6, 6.07) is 19.8. The summed E-state index contributed by atoms with van der Waals surface area (Å²) in [5.74, 6) is 0. The predicted molar refractivity (Wildman–Crippen MR) is 97.2 cm³/mol. The highest BCUT2D eigenvalue weighted by Crippen LogP contribution is 2.52. The van der Waals surface area contributed by atoms with Gasteiger partial charge in [0.1, 0.15) is 0 Å². The van der Waals surface area contributed by atoms with Crippen LogP contribution in [0.25, 0.3) is 0 Å². The summed E-state index contributed by atoms with van der Waals surface area (Å²) < 4.78 is 0. The van der Waals surface area contributed by atoms with Crippen LogP contribution in [-0.2, 0) is 10.8 Å². The highest BCUT2D eigenvalue weighted by molar-refractivity contribution is 5.51. The Morgan fingerprint density at radius 1 is 0.682 bits per heavy atom. The monoisotopic (exact) mass is 298 g/mol. The number of hydrogen-bond donors (Lipinski definition) is 2. The zero-order valence-electron chi connectivity index (χ0n) is 14.6. The Morgan fingerprint density at radius 2 is 1.14 bits per heavy atom. The Kier molecular flexibility index (Phi) is 6.34. The smallest absolute Gasteiger partial charge is 0.0185 e. The molecule has 2 aromatic carbocycles. The molecule has 3 rings (SSSR count). The Morgan fingerprint density at radius 3 is 1.68 bits per heavy atom. The molecule has 120 valence electrons. The first-order valence-corrected chi connectivity index (χ1v) is 7.85. The van der Waals surface area contributed by atoms with Gasteiger partial charge in [0.2, 0.25) is 0 Å². The molecule has 22 heavy (non-hydrogen) atoms. The third kappa shape index (κ3) is 3.23. The van der Waals surface area contributed by atoms with E-state index in [0.717, 1.165) is 0 Å². The van der Waals surface area contributed by atoms with Gasteiger partial charge in [0.25, 0.3) is 0 Å². The summed E-state index contributed by atoms with van der Waals surface area (Å²) in [6.07, 6.45) is 1.18. The fourth-order valence-electron chi connectivity index (χ4n) is 3.69. The SMILES string of the molecule is CC1(C)CC(C)(c2ccccc2)c2ccccc21.CN.CN. The summed E-state index contributed by atoms with van der Waals surface area (Å²) >= 11 is 0. The third-order valence-electron chi connectivity index (χ3n) is 4.46. The molecule has 0 radical (unpaired) electrons. The lowest BCUT2D eigenvalue weighted by molar-refractivity contribution is 0.425. The molecule has 1 unspecified atom stereocenters. The summed E-state index contributed by atoms with van der Waals surface area (Å²) in [5, 5.41) is 0. The normalized spacial score (nSPS) is 20.9. The van der Waals surface area contributed by atoms with E-state index in [-0.39, 0.29) is 10.8 Å². The lowest BCUT2D eigenvalue weighted by Gasteiger charge is -2.28. The largest absolute Gasteiger partial charge is 0.333 e. The summed E-state index contributed by atoms with van der Waals surface area (Å²) in [4.78, 5) is 0. The second-order valence-electron chi connectivity index (χ2n) is 6.30. The molecule has 2 aromatic rings. The molecule has 0 aromatic heterocycles. The Labute approximate surface area is 135 Å². The van der Waals surface area contributed by atoms with Gasteiger partial charge in [0, 0.05) is 5.41 Å². The molecule has 4 N–H and O–H groups in total. The van der Waals surface area contributed by atoms with Crippen LogP contribution >= 0.6 is 0 Å². The Bertz CT molecular complexity index is 575. The van der Waals surface area contributed by atoms with Crippen molar-refractivity contribution in [1.29, 1.82) is 0 Å². The van der Waals surface area contributed by atoms with E-state index in [1.807, 2.05) is 0 Å². The standard InChI is InChI=1S/C18H20.2CH5N/c1-17(2)13-18(3,14-9-5-4-6-10-14)16-12-8-7-11-15(16)17;2*1-2/h4-12H,13H2,1-3H3;2*2H2,1H3. The topological polar surface area (TPSA) is 52.0 Å². The van der Waals surface area contributed by atoms with Gasteiger partial charge in [0.15, 0.2) is 0 Å². The molecular weight excluding hydrogens is 268 g/mol. The molecule has 0 spiro atoms. The molecule has 0 saturated carbocycles. The first kappa shape index (κ1) is 18.4. The highest BCUT2D eigenvalue weighted by atomic mass is 14.5. The second-order valence-corrected chi connectivity index (χ2v) is 6.30.